The van der Waals surface area contributed by atoms with Gasteiger partial charge in [-0.3, -0.25) is 4.79 Å². The maximum Gasteiger partial charge on any atom is 0.379 e. The maximum absolute atomic E-state index is 11.7. The molecule has 0 aliphatic heterocycles. The van der Waals surface area contributed by atoms with Crippen LogP contribution in [0.3, 0.4) is 0 Å². The zero-order valence-electron chi connectivity index (χ0n) is 12.2. The molecule has 0 saturated carbocycles. The van der Waals surface area contributed by atoms with Crippen LogP contribution in [-0.4, -0.2) is 18.9 Å². The summed E-state index contributed by atoms with van der Waals surface area (Å²) in [6.45, 7) is 0.0773. The molecule has 2 aromatic rings. The van der Waals surface area contributed by atoms with Crippen molar-refractivity contribution in [2.75, 3.05) is 7.11 Å². The molecule has 0 atom stereocenters. The van der Waals surface area contributed by atoms with E-state index in [1.807, 2.05) is 42.5 Å². The lowest BCUT2D eigenvalue weighted by atomic mass is 10.1. The number of esters is 1. The molecule has 4 nitrogen and oxygen atoms in total. The van der Waals surface area contributed by atoms with Gasteiger partial charge in [-0.25, -0.2) is 4.79 Å². The van der Waals surface area contributed by atoms with E-state index >= 15 is 0 Å². The first-order chi connectivity index (χ1) is 10.7. The van der Waals surface area contributed by atoms with Gasteiger partial charge < -0.3 is 9.47 Å². The topological polar surface area (TPSA) is 52.6 Å². The van der Waals surface area contributed by atoms with Crippen molar-refractivity contribution in [2.24, 2.45) is 0 Å². The van der Waals surface area contributed by atoms with Gasteiger partial charge in [0.15, 0.2) is 0 Å². The Hall–Kier alpha value is -2.88. The highest BCUT2D eigenvalue weighted by molar-refractivity contribution is 6.39. The minimum absolute atomic E-state index is 0.0773. The predicted molar refractivity (Wildman–Crippen MR) is 83.3 cm³/mol. The molecule has 2 aromatic carbocycles. The van der Waals surface area contributed by atoms with E-state index in [0.717, 1.165) is 5.56 Å². The van der Waals surface area contributed by atoms with Crippen molar-refractivity contribution in [2.45, 2.75) is 6.61 Å². The first-order valence-electron chi connectivity index (χ1n) is 6.77. The fourth-order valence-electron chi connectivity index (χ4n) is 1.83. The van der Waals surface area contributed by atoms with Gasteiger partial charge in [0.2, 0.25) is 0 Å². The van der Waals surface area contributed by atoms with Gasteiger partial charge in [-0.05, 0) is 23.8 Å². The maximum atomic E-state index is 11.7. The molecule has 0 radical (unpaired) electrons. The van der Waals surface area contributed by atoms with Crippen molar-refractivity contribution < 1.29 is 19.1 Å². The minimum Gasteiger partial charge on any atom is -0.496 e. The van der Waals surface area contributed by atoms with Crippen molar-refractivity contribution in [3.8, 4) is 5.75 Å². The van der Waals surface area contributed by atoms with Crippen molar-refractivity contribution in [3.05, 3.63) is 71.8 Å². The number of ketones is 1. The third-order valence-electron chi connectivity index (χ3n) is 2.97. The number of carbonyl (C=O) groups excluding carboxylic acids is 2. The van der Waals surface area contributed by atoms with Crippen molar-refractivity contribution in [3.63, 3.8) is 0 Å². The Balaban J connectivity index is 1.93. The Morgan fingerprint density at radius 2 is 1.68 bits per heavy atom. The van der Waals surface area contributed by atoms with Gasteiger partial charge in [-0.2, -0.15) is 0 Å². The summed E-state index contributed by atoms with van der Waals surface area (Å²) in [4.78, 5) is 23.4. The van der Waals surface area contributed by atoms with Crippen LogP contribution in [0.5, 0.6) is 5.75 Å². The molecular formula is C18H16O4. The number of para-hydroxylation sites is 1. The quantitative estimate of drug-likeness (QED) is 0.467. The lowest BCUT2D eigenvalue weighted by molar-refractivity contribution is -0.152. The first kappa shape index (κ1) is 15.5. The molecule has 0 heterocycles. The van der Waals surface area contributed by atoms with E-state index in [9.17, 15) is 9.59 Å². The highest BCUT2D eigenvalue weighted by atomic mass is 16.5. The van der Waals surface area contributed by atoms with Crippen LogP contribution in [0.25, 0.3) is 6.08 Å². The Bertz CT molecular complexity index is 674. The molecular weight excluding hydrogens is 280 g/mol. The third-order valence-corrected chi connectivity index (χ3v) is 2.97. The van der Waals surface area contributed by atoms with Crippen molar-refractivity contribution in [1.82, 2.24) is 0 Å². The summed E-state index contributed by atoms with van der Waals surface area (Å²) in [5, 5.41) is 0. The molecule has 2 rings (SSSR count). The number of hydrogen-bond acceptors (Lipinski definition) is 4. The van der Waals surface area contributed by atoms with Crippen LogP contribution in [0.2, 0.25) is 0 Å². The van der Waals surface area contributed by atoms with Crippen molar-refractivity contribution in [1.29, 1.82) is 0 Å². The van der Waals surface area contributed by atoms with Gasteiger partial charge in [0.05, 0.1) is 7.11 Å². The highest BCUT2D eigenvalue weighted by Gasteiger charge is 2.12. The Kier molecular flexibility index (Phi) is 5.49. The van der Waals surface area contributed by atoms with Gasteiger partial charge in [-0.15, -0.1) is 0 Å². The van der Waals surface area contributed by atoms with E-state index in [4.69, 9.17) is 9.47 Å². The van der Waals surface area contributed by atoms with E-state index in [1.165, 1.54) is 12.2 Å². The van der Waals surface area contributed by atoms with Crippen molar-refractivity contribution >= 4 is 17.8 Å². The molecule has 0 bridgehead atoms. The van der Waals surface area contributed by atoms with Gasteiger partial charge in [0.25, 0.3) is 5.78 Å². The summed E-state index contributed by atoms with van der Waals surface area (Å²) >= 11 is 0. The van der Waals surface area contributed by atoms with Crippen LogP contribution in [0.1, 0.15) is 11.1 Å². The molecule has 0 unspecified atom stereocenters. The monoisotopic (exact) mass is 296 g/mol. The molecule has 0 amide bonds. The lowest BCUT2D eigenvalue weighted by Crippen LogP contribution is -2.14. The van der Waals surface area contributed by atoms with E-state index in [2.05, 4.69) is 0 Å². The molecule has 22 heavy (non-hydrogen) atoms. The summed E-state index contributed by atoms with van der Waals surface area (Å²) in [6.07, 6.45) is 2.72. The van der Waals surface area contributed by atoms with Gasteiger partial charge in [-0.1, -0.05) is 48.5 Å². The minimum atomic E-state index is -0.880. The third kappa shape index (κ3) is 4.31. The number of hydrogen-bond donors (Lipinski definition) is 0. The van der Waals surface area contributed by atoms with Gasteiger partial charge >= 0.3 is 5.97 Å². The Morgan fingerprint density at radius 3 is 2.41 bits per heavy atom. The van der Waals surface area contributed by atoms with Crippen LogP contribution in [0.15, 0.2) is 60.7 Å². The highest BCUT2D eigenvalue weighted by Crippen LogP contribution is 2.18. The van der Waals surface area contributed by atoms with Gasteiger partial charge in [0.1, 0.15) is 12.4 Å². The standard InChI is InChI=1S/C18H16O4/c1-21-17-10-6-5-9-15(17)11-12-16(19)18(20)22-13-14-7-3-2-4-8-14/h2-12H,13H2,1H3/b12-11+. The van der Waals surface area contributed by atoms with E-state index in [0.29, 0.717) is 11.3 Å². The largest absolute Gasteiger partial charge is 0.496 e. The zero-order chi connectivity index (χ0) is 15.8. The summed E-state index contributed by atoms with van der Waals surface area (Å²) in [7, 11) is 1.54. The fourth-order valence-corrected chi connectivity index (χ4v) is 1.83. The number of carbonyl (C=O) groups is 2. The normalized spacial score (nSPS) is 10.4. The summed E-state index contributed by atoms with van der Waals surface area (Å²) < 4.78 is 10.1. The van der Waals surface area contributed by atoms with E-state index in [-0.39, 0.29) is 6.61 Å². The van der Waals surface area contributed by atoms with Crippen LogP contribution in [-0.2, 0) is 20.9 Å². The Labute approximate surface area is 129 Å². The number of benzene rings is 2. The van der Waals surface area contributed by atoms with Crippen LogP contribution < -0.4 is 4.74 Å². The average Bonchev–Trinajstić information content (AvgIpc) is 2.58. The lowest BCUT2D eigenvalue weighted by Gasteiger charge is -2.04. The summed E-state index contributed by atoms with van der Waals surface area (Å²) in [5.41, 5.74) is 1.55. The molecule has 0 aliphatic rings. The molecule has 0 N–H and O–H groups in total. The average molecular weight is 296 g/mol. The number of methoxy groups -OCH3 is 1. The van der Waals surface area contributed by atoms with Gasteiger partial charge in [0, 0.05) is 5.56 Å². The summed E-state index contributed by atoms with van der Waals surface area (Å²) in [6, 6.07) is 16.4. The molecule has 0 aliphatic carbocycles. The SMILES string of the molecule is COc1ccccc1/C=C/C(=O)C(=O)OCc1ccccc1. The van der Waals surface area contributed by atoms with Crippen LogP contribution in [0, 0.1) is 0 Å². The smallest absolute Gasteiger partial charge is 0.379 e. The number of ether oxygens (including phenoxy) is 2. The molecule has 0 fully saturated rings. The van der Waals surface area contributed by atoms with Crippen LogP contribution >= 0.6 is 0 Å². The van der Waals surface area contributed by atoms with E-state index < -0.39 is 11.8 Å². The second-order valence-corrected chi connectivity index (χ2v) is 4.50. The zero-order valence-corrected chi connectivity index (χ0v) is 12.2. The molecule has 0 spiro atoms. The first-order valence-corrected chi connectivity index (χ1v) is 6.77. The summed E-state index contributed by atoms with van der Waals surface area (Å²) in [5.74, 6) is -0.957. The van der Waals surface area contributed by atoms with Crippen LogP contribution in [0.4, 0.5) is 0 Å². The molecule has 0 aromatic heterocycles. The van der Waals surface area contributed by atoms with E-state index in [1.54, 1.807) is 19.2 Å². The fraction of sp³-hybridized carbons (Fsp3) is 0.111. The predicted octanol–water partition coefficient (Wildman–Crippen LogP) is 3.02. The number of rotatable bonds is 6. The molecule has 4 heteroatoms. The Morgan fingerprint density at radius 1 is 1.00 bits per heavy atom. The second kappa shape index (κ2) is 7.78. The second-order valence-electron chi connectivity index (χ2n) is 4.50. The molecule has 0 saturated heterocycles. The molecule has 112 valence electrons.